The number of nitrogens with zero attached hydrogens (tertiary/aromatic N) is 2. The number of Topliss-reactive ketones (excluding diaryl/α,β-unsaturated/α-hetero) is 1. The Bertz CT molecular complexity index is 791. The fraction of sp³-hybridized carbons (Fsp3) is 0.500. The number of carbonyl (C=O) groups is 2. The number of likely N-dealkylation sites (tertiary alicyclic amines) is 1. The molecule has 0 aliphatic carbocycles. The molecule has 1 fully saturated rings. The number of benzene rings is 1. The maximum absolute atomic E-state index is 12.3. The summed E-state index contributed by atoms with van der Waals surface area (Å²) in [6.07, 6.45) is 2.75. The van der Waals surface area contributed by atoms with E-state index in [4.69, 9.17) is 0 Å². The molecule has 24 heavy (non-hydrogen) atoms. The molecule has 1 unspecified atom stereocenters. The minimum absolute atomic E-state index is 0.167. The Morgan fingerprint density at radius 3 is 2.75 bits per heavy atom. The van der Waals surface area contributed by atoms with Gasteiger partial charge < -0.3 is 0 Å². The predicted molar refractivity (Wildman–Crippen MR) is 90.4 cm³/mol. The van der Waals surface area contributed by atoms with Crippen LogP contribution >= 0.6 is 0 Å². The Kier molecular flexibility index (Phi) is 4.46. The van der Waals surface area contributed by atoms with Crippen LogP contribution in [0.2, 0.25) is 0 Å². The van der Waals surface area contributed by atoms with Gasteiger partial charge in [0.1, 0.15) is 0 Å². The summed E-state index contributed by atoms with van der Waals surface area (Å²) in [6, 6.07) is 5.24. The van der Waals surface area contributed by atoms with E-state index in [1.165, 1.54) is 4.90 Å². The Balaban J connectivity index is 1.74. The van der Waals surface area contributed by atoms with Gasteiger partial charge in [-0.05, 0) is 38.4 Å². The van der Waals surface area contributed by atoms with E-state index in [2.05, 4.69) is 4.72 Å². The maximum Gasteiger partial charge on any atom is 0.300 e. The number of rotatable bonds is 4. The Morgan fingerprint density at radius 2 is 2.04 bits per heavy atom. The van der Waals surface area contributed by atoms with Crippen LogP contribution in [0.4, 0.5) is 5.69 Å². The standard InChI is InChI=1S/C16H21N3O4S/c1-11-5-6-14-13(8-11)15(20)16(21)19(14)10-18-7-3-4-12(9-18)17-24(2,22)23/h5-6,8,12,17H,3-4,7,9-10H2,1-2H3. The third-order valence-corrected chi connectivity index (χ3v) is 5.12. The second kappa shape index (κ2) is 6.27. The van der Waals surface area contributed by atoms with Crippen molar-refractivity contribution in [3.05, 3.63) is 29.3 Å². The van der Waals surface area contributed by atoms with Crippen molar-refractivity contribution in [2.75, 3.05) is 30.9 Å². The summed E-state index contributed by atoms with van der Waals surface area (Å²) in [5.41, 5.74) is 2.02. The molecule has 0 spiro atoms. The number of amides is 1. The van der Waals surface area contributed by atoms with E-state index in [0.29, 0.717) is 24.5 Å². The van der Waals surface area contributed by atoms with Crippen molar-refractivity contribution in [1.82, 2.24) is 9.62 Å². The van der Waals surface area contributed by atoms with E-state index >= 15 is 0 Å². The van der Waals surface area contributed by atoms with E-state index in [1.807, 2.05) is 17.9 Å². The van der Waals surface area contributed by atoms with E-state index in [0.717, 1.165) is 31.2 Å². The van der Waals surface area contributed by atoms with Crippen molar-refractivity contribution in [3.8, 4) is 0 Å². The molecule has 1 amide bonds. The lowest BCUT2D eigenvalue weighted by atomic mass is 10.1. The molecule has 0 radical (unpaired) electrons. The molecule has 0 bridgehead atoms. The molecular weight excluding hydrogens is 330 g/mol. The van der Waals surface area contributed by atoms with Gasteiger partial charge in [-0.2, -0.15) is 0 Å². The molecule has 7 nitrogen and oxygen atoms in total. The van der Waals surface area contributed by atoms with Gasteiger partial charge in [0.2, 0.25) is 10.0 Å². The van der Waals surface area contributed by atoms with Crippen molar-refractivity contribution >= 4 is 27.4 Å². The van der Waals surface area contributed by atoms with Gasteiger partial charge in [0, 0.05) is 12.6 Å². The van der Waals surface area contributed by atoms with Crippen LogP contribution in [0, 0.1) is 6.92 Å². The quantitative estimate of drug-likeness (QED) is 0.798. The number of hydrogen-bond acceptors (Lipinski definition) is 5. The van der Waals surface area contributed by atoms with Crippen LogP contribution in [-0.4, -0.2) is 57.1 Å². The molecule has 2 heterocycles. The molecule has 1 aromatic rings. The van der Waals surface area contributed by atoms with Crippen molar-refractivity contribution in [2.24, 2.45) is 0 Å². The molecule has 1 atom stereocenters. The molecule has 0 aromatic heterocycles. The third-order valence-electron chi connectivity index (χ3n) is 4.35. The number of carbonyl (C=O) groups excluding carboxylic acids is 2. The first-order valence-corrected chi connectivity index (χ1v) is 9.80. The number of anilines is 1. The van der Waals surface area contributed by atoms with Crippen LogP contribution in [-0.2, 0) is 14.8 Å². The van der Waals surface area contributed by atoms with Crippen molar-refractivity contribution in [3.63, 3.8) is 0 Å². The number of aryl methyl sites for hydroxylation is 1. The Morgan fingerprint density at radius 1 is 1.29 bits per heavy atom. The molecule has 0 saturated carbocycles. The summed E-state index contributed by atoms with van der Waals surface area (Å²) in [5, 5.41) is 0. The lowest BCUT2D eigenvalue weighted by Crippen LogP contribution is -2.51. The first-order valence-electron chi connectivity index (χ1n) is 7.91. The second-order valence-corrected chi connectivity index (χ2v) is 8.31. The van der Waals surface area contributed by atoms with Gasteiger partial charge in [-0.25, -0.2) is 13.1 Å². The monoisotopic (exact) mass is 351 g/mol. The minimum atomic E-state index is -3.26. The van der Waals surface area contributed by atoms with Crippen molar-refractivity contribution in [1.29, 1.82) is 0 Å². The molecule has 1 saturated heterocycles. The predicted octanol–water partition coefficient (Wildman–Crippen LogP) is 0.495. The van der Waals surface area contributed by atoms with E-state index in [9.17, 15) is 18.0 Å². The minimum Gasteiger partial charge on any atom is -0.291 e. The normalized spacial score (nSPS) is 22.1. The fourth-order valence-electron chi connectivity index (χ4n) is 3.34. The summed E-state index contributed by atoms with van der Waals surface area (Å²) in [7, 11) is -3.26. The average Bonchev–Trinajstić information content (AvgIpc) is 2.71. The fourth-order valence-corrected chi connectivity index (χ4v) is 4.14. The highest BCUT2D eigenvalue weighted by atomic mass is 32.2. The van der Waals surface area contributed by atoms with Crippen molar-refractivity contribution < 1.29 is 18.0 Å². The molecule has 1 aromatic carbocycles. The summed E-state index contributed by atoms with van der Waals surface area (Å²) in [6.45, 7) is 3.46. The molecule has 2 aliphatic heterocycles. The lowest BCUT2D eigenvalue weighted by molar-refractivity contribution is -0.114. The SMILES string of the molecule is Cc1ccc2c(c1)C(=O)C(=O)N2CN1CCCC(NS(C)(=O)=O)C1. The van der Waals surface area contributed by atoms with E-state index in [-0.39, 0.29) is 6.04 Å². The number of hydrogen-bond donors (Lipinski definition) is 1. The van der Waals surface area contributed by atoms with Crippen LogP contribution in [0.25, 0.3) is 0 Å². The van der Waals surface area contributed by atoms with Gasteiger partial charge >= 0.3 is 5.91 Å². The second-order valence-electron chi connectivity index (χ2n) is 6.53. The lowest BCUT2D eigenvalue weighted by Gasteiger charge is -2.35. The Hall–Kier alpha value is -1.77. The molecule has 2 aliphatic rings. The van der Waals surface area contributed by atoms with Gasteiger partial charge in [0.25, 0.3) is 5.78 Å². The number of nitrogens with one attached hydrogen (secondary N) is 1. The van der Waals surface area contributed by atoms with E-state index < -0.39 is 21.7 Å². The molecule has 3 rings (SSSR count). The zero-order valence-corrected chi connectivity index (χ0v) is 14.6. The molecule has 1 N–H and O–H groups in total. The van der Waals surface area contributed by atoms with Crippen LogP contribution in [0.5, 0.6) is 0 Å². The highest BCUT2D eigenvalue weighted by Crippen LogP contribution is 2.30. The topological polar surface area (TPSA) is 86.8 Å². The zero-order chi connectivity index (χ0) is 17.5. The van der Waals surface area contributed by atoms with Crippen molar-refractivity contribution in [2.45, 2.75) is 25.8 Å². The van der Waals surface area contributed by atoms with Crippen LogP contribution in [0.1, 0.15) is 28.8 Å². The summed E-state index contributed by atoms with van der Waals surface area (Å²) in [5.74, 6) is -0.995. The molecule has 130 valence electrons. The Labute approximate surface area is 141 Å². The van der Waals surface area contributed by atoms with Crippen LogP contribution in [0.15, 0.2) is 18.2 Å². The molecular formula is C16H21N3O4S. The summed E-state index contributed by atoms with van der Waals surface area (Å²) >= 11 is 0. The number of piperidine rings is 1. The zero-order valence-electron chi connectivity index (χ0n) is 13.8. The number of fused-ring (bicyclic) bond motifs is 1. The first-order chi connectivity index (χ1) is 11.2. The average molecular weight is 351 g/mol. The molecule has 8 heteroatoms. The highest BCUT2D eigenvalue weighted by molar-refractivity contribution is 7.88. The van der Waals surface area contributed by atoms with Gasteiger partial charge in [0.15, 0.2) is 0 Å². The largest absolute Gasteiger partial charge is 0.300 e. The summed E-state index contributed by atoms with van der Waals surface area (Å²) < 4.78 is 25.4. The van der Waals surface area contributed by atoms with Crippen LogP contribution < -0.4 is 9.62 Å². The van der Waals surface area contributed by atoms with Gasteiger partial charge in [-0.3, -0.25) is 19.4 Å². The number of ketones is 1. The van der Waals surface area contributed by atoms with E-state index in [1.54, 1.807) is 12.1 Å². The maximum atomic E-state index is 12.3. The first kappa shape index (κ1) is 17.1. The smallest absolute Gasteiger partial charge is 0.291 e. The van der Waals surface area contributed by atoms with Gasteiger partial charge in [0.05, 0.1) is 24.2 Å². The van der Waals surface area contributed by atoms with Gasteiger partial charge in [-0.1, -0.05) is 11.6 Å². The third kappa shape index (κ3) is 3.50. The van der Waals surface area contributed by atoms with Crippen LogP contribution in [0.3, 0.4) is 0 Å². The highest BCUT2D eigenvalue weighted by Gasteiger charge is 2.37. The van der Waals surface area contributed by atoms with Gasteiger partial charge in [-0.15, -0.1) is 0 Å². The summed E-state index contributed by atoms with van der Waals surface area (Å²) in [4.78, 5) is 27.9. The number of sulfonamides is 1.